The predicted octanol–water partition coefficient (Wildman–Crippen LogP) is 7.18. The molecule has 1 saturated carbocycles. The van der Waals surface area contributed by atoms with Crippen molar-refractivity contribution >= 4 is 0 Å². The molecule has 0 aromatic carbocycles. The van der Waals surface area contributed by atoms with Crippen molar-refractivity contribution in [1.29, 1.82) is 0 Å². The Morgan fingerprint density at radius 2 is 2.00 bits per heavy atom. The van der Waals surface area contributed by atoms with E-state index in [2.05, 4.69) is 39.8 Å². The Morgan fingerprint density at radius 3 is 2.72 bits per heavy atom. The summed E-state index contributed by atoms with van der Waals surface area (Å²) in [4.78, 5) is 0. The van der Waals surface area contributed by atoms with Gasteiger partial charge in [0.15, 0.2) is 0 Å². The summed E-state index contributed by atoms with van der Waals surface area (Å²) >= 11 is 0. The predicted molar refractivity (Wildman–Crippen MR) is 104 cm³/mol. The fraction of sp³-hybridized carbons (Fsp3) is 0.750. The number of rotatable bonds is 3. The van der Waals surface area contributed by atoms with Gasteiger partial charge >= 0.3 is 0 Å². The lowest BCUT2D eigenvalue weighted by Crippen LogP contribution is -2.48. The number of hydrogen-bond acceptors (Lipinski definition) is 1. The summed E-state index contributed by atoms with van der Waals surface area (Å²) in [5.41, 5.74) is 4.62. The van der Waals surface area contributed by atoms with E-state index in [0.717, 1.165) is 24.2 Å². The number of allylic oxidation sites excluding steroid dienone is 2. The average Bonchev–Trinajstić information content (AvgIpc) is 3.06. The van der Waals surface area contributed by atoms with Gasteiger partial charge in [-0.2, -0.15) is 0 Å². The van der Waals surface area contributed by atoms with Crippen LogP contribution in [0, 0.1) is 28.6 Å². The summed E-state index contributed by atoms with van der Waals surface area (Å²) in [6.07, 6.45) is 14.1. The SMILES string of the molecule is CC(C)C1CCC2=C(CC[C@H]3[C@@](C)(Cc4ccco4)CCC[C@]23C)C1. The highest BCUT2D eigenvalue weighted by atomic mass is 16.3. The molecule has 0 radical (unpaired) electrons. The molecule has 1 heterocycles. The van der Waals surface area contributed by atoms with Crippen LogP contribution in [0.4, 0.5) is 0 Å². The highest BCUT2D eigenvalue weighted by Gasteiger charge is 2.53. The quantitative estimate of drug-likeness (QED) is 0.531. The molecule has 1 fully saturated rings. The molecule has 1 unspecified atom stereocenters. The maximum absolute atomic E-state index is 5.75. The lowest BCUT2D eigenvalue weighted by molar-refractivity contribution is -0.00910. The minimum absolute atomic E-state index is 0.401. The average molecular weight is 341 g/mol. The van der Waals surface area contributed by atoms with Crippen LogP contribution in [0.1, 0.15) is 84.8 Å². The summed E-state index contributed by atoms with van der Waals surface area (Å²) in [5.74, 6) is 3.79. The van der Waals surface area contributed by atoms with E-state index in [0.29, 0.717) is 10.8 Å². The fourth-order valence-corrected chi connectivity index (χ4v) is 6.91. The first kappa shape index (κ1) is 17.4. The van der Waals surface area contributed by atoms with Gasteiger partial charge in [0.1, 0.15) is 5.76 Å². The van der Waals surface area contributed by atoms with Gasteiger partial charge < -0.3 is 4.42 Å². The summed E-state index contributed by atoms with van der Waals surface area (Å²) in [5, 5.41) is 0. The van der Waals surface area contributed by atoms with E-state index in [4.69, 9.17) is 4.42 Å². The Hall–Kier alpha value is -0.980. The Balaban J connectivity index is 1.63. The van der Waals surface area contributed by atoms with Gasteiger partial charge in [-0.05, 0) is 85.7 Å². The molecule has 0 N–H and O–H groups in total. The second-order valence-corrected chi connectivity index (χ2v) is 10.1. The van der Waals surface area contributed by atoms with Gasteiger partial charge in [-0.25, -0.2) is 0 Å². The maximum Gasteiger partial charge on any atom is 0.104 e. The van der Waals surface area contributed by atoms with E-state index < -0.39 is 0 Å². The molecule has 4 rings (SSSR count). The third-order valence-corrected chi connectivity index (χ3v) is 8.28. The van der Waals surface area contributed by atoms with Crippen LogP contribution in [0.5, 0.6) is 0 Å². The molecule has 0 aliphatic heterocycles. The Labute approximate surface area is 154 Å². The summed E-state index contributed by atoms with van der Waals surface area (Å²) in [6.45, 7) is 10.0. The van der Waals surface area contributed by atoms with Gasteiger partial charge in [0.05, 0.1) is 6.26 Å². The maximum atomic E-state index is 5.75. The minimum Gasteiger partial charge on any atom is -0.469 e. The standard InChI is InChI=1S/C24H36O/c1-17(2)18-8-10-21-19(15-18)9-11-22-23(3,12-6-13-24(21,22)4)16-20-7-5-14-25-20/h5,7,14,17-18,22H,6,8-13,15-16H2,1-4H3/t18?,22-,23+,24+/m0/s1. The zero-order chi connectivity index (χ0) is 17.7. The van der Waals surface area contributed by atoms with Crippen molar-refractivity contribution in [3.8, 4) is 0 Å². The van der Waals surface area contributed by atoms with Crippen molar-refractivity contribution in [1.82, 2.24) is 0 Å². The second-order valence-electron chi connectivity index (χ2n) is 10.1. The summed E-state index contributed by atoms with van der Waals surface area (Å²) in [6, 6.07) is 4.23. The van der Waals surface area contributed by atoms with E-state index >= 15 is 0 Å². The molecule has 4 atom stereocenters. The molecule has 138 valence electrons. The molecular weight excluding hydrogens is 304 g/mol. The molecule has 0 amide bonds. The van der Waals surface area contributed by atoms with Crippen molar-refractivity contribution < 1.29 is 4.42 Å². The first-order chi connectivity index (χ1) is 11.9. The molecule has 0 saturated heterocycles. The third kappa shape index (κ3) is 2.92. The van der Waals surface area contributed by atoms with Gasteiger partial charge in [-0.1, -0.05) is 45.3 Å². The van der Waals surface area contributed by atoms with Gasteiger partial charge in [-0.15, -0.1) is 0 Å². The van der Waals surface area contributed by atoms with Crippen molar-refractivity contribution in [3.63, 3.8) is 0 Å². The Kier molecular flexibility index (Phi) is 4.41. The van der Waals surface area contributed by atoms with Gasteiger partial charge in [0.25, 0.3) is 0 Å². The van der Waals surface area contributed by atoms with Crippen molar-refractivity contribution in [3.05, 3.63) is 35.3 Å². The molecule has 0 bridgehead atoms. The molecule has 3 aliphatic rings. The van der Waals surface area contributed by atoms with Gasteiger partial charge in [0, 0.05) is 6.42 Å². The highest BCUT2D eigenvalue weighted by Crippen LogP contribution is 2.63. The monoisotopic (exact) mass is 340 g/mol. The van der Waals surface area contributed by atoms with Crippen LogP contribution in [-0.2, 0) is 6.42 Å². The number of furan rings is 1. The molecule has 3 aliphatic carbocycles. The Bertz CT molecular complexity index is 637. The van der Waals surface area contributed by atoms with Crippen LogP contribution in [0.2, 0.25) is 0 Å². The first-order valence-corrected chi connectivity index (χ1v) is 10.7. The van der Waals surface area contributed by atoms with Crippen LogP contribution in [-0.4, -0.2) is 0 Å². The lowest BCUT2D eigenvalue weighted by atomic mass is 9.47. The zero-order valence-corrected chi connectivity index (χ0v) is 16.7. The van der Waals surface area contributed by atoms with Crippen LogP contribution < -0.4 is 0 Å². The van der Waals surface area contributed by atoms with Crippen LogP contribution in [0.3, 0.4) is 0 Å². The largest absolute Gasteiger partial charge is 0.469 e. The smallest absolute Gasteiger partial charge is 0.104 e. The van der Waals surface area contributed by atoms with E-state index in [1.54, 1.807) is 0 Å². The normalized spacial score (nSPS) is 38.6. The molecule has 25 heavy (non-hydrogen) atoms. The summed E-state index contributed by atoms with van der Waals surface area (Å²) in [7, 11) is 0. The van der Waals surface area contributed by atoms with E-state index in [1.807, 2.05) is 17.4 Å². The molecule has 1 nitrogen and oxygen atoms in total. The second kappa shape index (κ2) is 6.32. The number of hydrogen-bond donors (Lipinski definition) is 0. The molecule has 1 aromatic rings. The van der Waals surface area contributed by atoms with Crippen molar-refractivity contribution in [2.45, 2.75) is 85.5 Å². The van der Waals surface area contributed by atoms with Gasteiger partial charge in [0.2, 0.25) is 0 Å². The van der Waals surface area contributed by atoms with E-state index in [-0.39, 0.29) is 0 Å². The molecule has 0 spiro atoms. The van der Waals surface area contributed by atoms with E-state index in [9.17, 15) is 0 Å². The van der Waals surface area contributed by atoms with Crippen LogP contribution >= 0.6 is 0 Å². The van der Waals surface area contributed by atoms with Crippen molar-refractivity contribution in [2.75, 3.05) is 0 Å². The third-order valence-electron chi connectivity index (χ3n) is 8.28. The fourth-order valence-electron chi connectivity index (χ4n) is 6.91. The van der Waals surface area contributed by atoms with Crippen molar-refractivity contribution in [2.24, 2.45) is 28.6 Å². The zero-order valence-electron chi connectivity index (χ0n) is 16.7. The number of fused-ring (bicyclic) bond motifs is 2. The highest BCUT2D eigenvalue weighted by molar-refractivity contribution is 5.31. The van der Waals surface area contributed by atoms with Crippen LogP contribution in [0.15, 0.2) is 34.0 Å². The topological polar surface area (TPSA) is 13.1 Å². The summed E-state index contributed by atoms with van der Waals surface area (Å²) < 4.78 is 5.75. The first-order valence-electron chi connectivity index (χ1n) is 10.7. The molecule has 1 heteroatoms. The minimum atomic E-state index is 0.401. The van der Waals surface area contributed by atoms with Crippen LogP contribution in [0.25, 0.3) is 0 Å². The lowest BCUT2D eigenvalue weighted by Gasteiger charge is -2.57. The molecular formula is C24H36O. The Morgan fingerprint density at radius 1 is 1.16 bits per heavy atom. The van der Waals surface area contributed by atoms with Gasteiger partial charge in [-0.3, -0.25) is 0 Å². The molecule has 1 aromatic heterocycles. The van der Waals surface area contributed by atoms with E-state index in [1.165, 1.54) is 57.1 Å².